The van der Waals surface area contributed by atoms with Gasteiger partial charge in [-0.15, -0.1) is 11.8 Å². The van der Waals surface area contributed by atoms with Crippen molar-refractivity contribution in [3.63, 3.8) is 0 Å². The number of hydrogen-bond donors (Lipinski definition) is 1. The van der Waals surface area contributed by atoms with Gasteiger partial charge in [0.05, 0.1) is 0 Å². The third-order valence-corrected chi connectivity index (χ3v) is 4.28. The lowest BCUT2D eigenvalue weighted by Crippen LogP contribution is -2.15. The van der Waals surface area contributed by atoms with Gasteiger partial charge in [-0.25, -0.2) is 0 Å². The summed E-state index contributed by atoms with van der Waals surface area (Å²) in [5.74, 6) is 2.37. The number of thioether (sulfide) groups is 1. The number of nitrogens with two attached hydrogens (primary N) is 1. The molecule has 0 saturated heterocycles. The van der Waals surface area contributed by atoms with Crippen molar-refractivity contribution in [3.8, 4) is 11.5 Å². The smallest absolute Gasteiger partial charge is 0.163 e. The Morgan fingerprint density at radius 1 is 1.05 bits per heavy atom. The van der Waals surface area contributed by atoms with Gasteiger partial charge < -0.3 is 15.2 Å². The first-order valence-electron chi connectivity index (χ1n) is 6.60. The Bertz CT molecular complexity index is 611. The van der Waals surface area contributed by atoms with Crippen molar-refractivity contribution < 1.29 is 9.47 Å². The topological polar surface area (TPSA) is 44.5 Å². The van der Waals surface area contributed by atoms with Crippen molar-refractivity contribution >= 4 is 17.4 Å². The molecule has 0 aliphatic carbocycles. The molecule has 20 heavy (non-hydrogen) atoms. The summed E-state index contributed by atoms with van der Waals surface area (Å²) < 4.78 is 11.1. The average Bonchev–Trinajstić information content (AvgIpc) is 2.47. The third kappa shape index (κ3) is 2.85. The van der Waals surface area contributed by atoms with E-state index in [2.05, 4.69) is 31.2 Å². The lowest BCUT2D eigenvalue weighted by Gasteiger charge is -2.20. The summed E-state index contributed by atoms with van der Waals surface area (Å²) in [6, 6.07) is 12.4. The van der Waals surface area contributed by atoms with Crippen molar-refractivity contribution in [2.24, 2.45) is 0 Å². The van der Waals surface area contributed by atoms with Gasteiger partial charge in [0.15, 0.2) is 11.5 Å². The fourth-order valence-electron chi connectivity index (χ4n) is 2.07. The second-order valence-electron chi connectivity index (χ2n) is 4.80. The largest absolute Gasteiger partial charge is 0.486 e. The van der Waals surface area contributed by atoms with E-state index in [1.165, 1.54) is 10.5 Å². The van der Waals surface area contributed by atoms with Gasteiger partial charge in [0.2, 0.25) is 0 Å². The molecule has 3 rings (SSSR count). The molecule has 2 N–H and O–H groups in total. The zero-order chi connectivity index (χ0) is 13.9. The van der Waals surface area contributed by atoms with Crippen LogP contribution in [0.25, 0.3) is 0 Å². The molecular weight excluding hydrogens is 270 g/mol. The highest BCUT2D eigenvalue weighted by atomic mass is 32.2. The SMILES string of the molecule is Cc1ccc(SCc2cc3c(cc2N)OCCO3)cc1. The van der Waals surface area contributed by atoms with Crippen LogP contribution in [-0.2, 0) is 5.75 Å². The molecule has 2 aromatic carbocycles. The lowest BCUT2D eigenvalue weighted by atomic mass is 10.2. The molecule has 1 aliphatic heterocycles. The zero-order valence-electron chi connectivity index (χ0n) is 11.4. The Kier molecular flexibility index (Phi) is 3.74. The summed E-state index contributed by atoms with van der Waals surface area (Å²) in [6.07, 6.45) is 0. The van der Waals surface area contributed by atoms with E-state index in [9.17, 15) is 0 Å². The maximum Gasteiger partial charge on any atom is 0.163 e. The number of nitrogen functional groups attached to an aromatic ring is 1. The van der Waals surface area contributed by atoms with Crippen molar-refractivity contribution in [2.75, 3.05) is 18.9 Å². The maximum absolute atomic E-state index is 6.08. The Morgan fingerprint density at radius 2 is 1.70 bits per heavy atom. The van der Waals surface area contributed by atoms with E-state index in [0.717, 1.165) is 28.5 Å². The Labute approximate surface area is 123 Å². The number of fused-ring (bicyclic) bond motifs is 1. The zero-order valence-corrected chi connectivity index (χ0v) is 12.2. The van der Waals surface area contributed by atoms with E-state index in [1.807, 2.05) is 12.1 Å². The van der Waals surface area contributed by atoms with E-state index < -0.39 is 0 Å². The maximum atomic E-state index is 6.08. The van der Waals surface area contributed by atoms with E-state index in [4.69, 9.17) is 15.2 Å². The van der Waals surface area contributed by atoms with Crippen LogP contribution in [0.5, 0.6) is 11.5 Å². The molecular formula is C16H17NO2S. The van der Waals surface area contributed by atoms with Gasteiger partial charge >= 0.3 is 0 Å². The van der Waals surface area contributed by atoms with Gasteiger partial charge in [0, 0.05) is 22.4 Å². The van der Waals surface area contributed by atoms with E-state index in [0.29, 0.717) is 13.2 Å². The summed E-state index contributed by atoms with van der Waals surface area (Å²) in [6.45, 7) is 3.28. The number of hydrogen-bond acceptors (Lipinski definition) is 4. The first kappa shape index (κ1) is 13.2. The monoisotopic (exact) mass is 287 g/mol. The fraction of sp³-hybridized carbons (Fsp3) is 0.250. The fourth-order valence-corrected chi connectivity index (χ4v) is 2.97. The number of ether oxygens (including phenoxy) is 2. The third-order valence-electron chi connectivity index (χ3n) is 3.22. The van der Waals surface area contributed by atoms with Crippen molar-refractivity contribution in [1.82, 2.24) is 0 Å². The summed E-state index contributed by atoms with van der Waals surface area (Å²) in [4.78, 5) is 1.24. The Hall–Kier alpha value is -1.81. The molecule has 2 aromatic rings. The minimum absolute atomic E-state index is 0.587. The van der Waals surface area contributed by atoms with Crippen LogP contribution >= 0.6 is 11.8 Å². The molecule has 0 spiro atoms. The molecule has 0 atom stereocenters. The molecule has 0 radical (unpaired) electrons. The summed E-state index contributed by atoms with van der Waals surface area (Å²) >= 11 is 1.77. The average molecular weight is 287 g/mol. The van der Waals surface area contributed by atoms with Crippen LogP contribution < -0.4 is 15.2 Å². The first-order chi connectivity index (χ1) is 9.72. The van der Waals surface area contributed by atoms with Crippen LogP contribution in [-0.4, -0.2) is 13.2 Å². The van der Waals surface area contributed by atoms with Gasteiger partial charge in [-0.05, 0) is 30.7 Å². The van der Waals surface area contributed by atoms with Gasteiger partial charge in [-0.2, -0.15) is 0 Å². The molecule has 0 aromatic heterocycles. The predicted molar refractivity (Wildman–Crippen MR) is 82.6 cm³/mol. The van der Waals surface area contributed by atoms with E-state index >= 15 is 0 Å². The van der Waals surface area contributed by atoms with Crippen molar-refractivity contribution in [2.45, 2.75) is 17.6 Å². The predicted octanol–water partition coefficient (Wildman–Crippen LogP) is 3.64. The normalized spacial score (nSPS) is 13.2. The van der Waals surface area contributed by atoms with Crippen molar-refractivity contribution in [1.29, 1.82) is 0 Å². The van der Waals surface area contributed by atoms with Crippen LogP contribution in [0.1, 0.15) is 11.1 Å². The van der Waals surface area contributed by atoms with Crippen LogP contribution in [0.4, 0.5) is 5.69 Å². The molecule has 0 saturated carbocycles. The number of anilines is 1. The highest BCUT2D eigenvalue weighted by molar-refractivity contribution is 7.98. The van der Waals surface area contributed by atoms with Gasteiger partial charge in [0.1, 0.15) is 13.2 Å². The van der Waals surface area contributed by atoms with Crippen LogP contribution in [0, 0.1) is 6.92 Å². The molecule has 3 nitrogen and oxygen atoms in total. The van der Waals surface area contributed by atoms with E-state index in [1.54, 1.807) is 11.8 Å². The summed E-state index contributed by atoms with van der Waals surface area (Å²) in [5.41, 5.74) is 9.20. The lowest BCUT2D eigenvalue weighted by molar-refractivity contribution is 0.171. The molecule has 0 amide bonds. The van der Waals surface area contributed by atoms with Crippen LogP contribution in [0.3, 0.4) is 0 Å². The number of aryl methyl sites for hydroxylation is 1. The molecule has 1 heterocycles. The van der Waals surface area contributed by atoms with Crippen LogP contribution in [0.2, 0.25) is 0 Å². The minimum atomic E-state index is 0.587. The molecule has 0 fully saturated rings. The second-order valence-corrected chi connectivity index (χ2v) is 5.85. The van der Waals surface area contributed by atoms with Gasteiger partial charge in [0.25, 0.3) is 0 Å². The van der Waals surface area contributed by atoms with E-state index in [-0.39, 0.29) is 0 Å². The number of benzene rings is 2. The molecule has 0 unspecified atom stereocenters. The van der Waals surface area contributed by atoms with Gasteiger partial charge in [-0.1, -0.05) is 17.7 Å². The number of rotatable bonds is 3. The second kappa shape index (κ2) is 5.67. The molecule has 0 bridgehead atoms. The van der Waals surface area contributed by atoms with Gasteiger partial charge in [-0.3, -0.25) is 0 Å². The Morgan fingerprint density at radius 3 is 2.40 bits per heavy atom. The molecule has 4 heteroatoms. The summed E-state index contributed by atoms with van der Waals surface area (Å²) in [7, 11) is 0. The highest BCUT2D eigenvalue weighted by Crippen LogP contribution is 2.36. The molecule has 104 valence electrons. The van der Waals surface area contributed by atoms with Crippen LogP contribution in [0.15, 0.2) is 41.3 Å². The van der Waals surface area contributed by atoms with Crippen molar-refractivity contribution in [3.05, 3.63) is 47.5 Å². The molecule has 1 aliphatic rings. The first-order valence-corrected chi connectivity index (χ1v) is 7.58. The summed E-state index contributed by atoms with van der Waals surface area (Å²) in [5, 5.41) is 0. The standard InChI is InChI=1S/C16H17NO2S/c1-11-2-4-13(5-3-11)20-10-12-8-15-16(9-14(12)17)19-7-6-18-15/h2-5,8-9H,6-7,10,17H2,1H3. The minimum Gasteiger partial charge on any atom is -0.486 e. The Balaban J connectivity index is 1.75. The quantitative estimate of drug-likeness (QED) is 0.691. The highest BCUT2D eigenvalue weighted by Gasteiger charge is 2.14.